The van der Waals surface area contributed by atoms with Gasteiger partial charge in [-0.1, -0.05) is 23.8 Å². The van der Waals surface area contributed by atoms with Gasteiger partial charge in [0, 0.05) is 10.9 Å². The number of benzene rings is 1. The molecule has 3 rings (SSSR count). The first-order chi connectivity index (χ1) is 9.72. The van der Waals surface area contributed by atoms with Crippen molar-refractivity contribution < 1.29 is 4.79 Å². The first kappa shape index (κ1) is 12.4. The summed E-state index contributed by atoms with van der Waals surface area (Å²) >= 11 is 1.46. The van der Waals surface area contributed by atoms with Crippen molar-refractivity contribution in [3.05, 3.63) is 41.0 Å². The van der Waals surface area contributed by atoms with E-state index in [0.717, 1.165) is 16.1 Å². The van der Waals surface area contributed by atoms with Gasteiger partial charge in [-0.15, -0.1) is 21.5 Å². The molecule has 2 N–H and O–H groups in total. The smallest absolute Gasteiger partial charge is 0.298 e. The van der Waals surface area contributed by atoms with Crippen LogP contribution in [0, 0.1) is 6.92 Å². The summed E-state index contributed by atoms with van der Waals surface area (Å²) in [6.07, 6.45) is 0. The summed E-state index contributed by atoms with van der Waals surface area (Å²) in [7, 11) is 0. The van der Waals surface area contributed by atoms with Gasteiger partial charge in [-0.2, -0.15) is 5.21 Å². The van der Waals surface area contributed by atoms with E-state index in [4.69, 9.17) is 0 Å². The molecule has 0 aliphatic heterocycles. The van der Waals surface area contributed by atoms with Crippen LogP contribution < -0.4 is 5.32 Å². The summed E-state index contributed by atoms with van der Waals surface area (Å²) in [5.74, 6) is 0.0104. The molecule has 20 heavy (non-hydrogen) atoms. The van der Waals surface area contributed by atoms with E-state index in [2.05, 4.69) is 30.9 Å². The van der Waals surface area contributed by atoms with Crippen LogP contribution in [0.25, 0.3) is 10.6 Å². The van der Waals surface area contributed by atoms with E-state index in [1.54, 1.807) is 5.38 Å². The van der Waals surface area contributed by atoms with Crippen LogP contribution in [-0.2, 0) is 0 Å². The summed E-state index contributed by atoms with van der Waals surface area (Å²) in [5.41, 5.74) is 2.19. The molecular formula is C12H10N6OS. The van der Waals surface area contributed by atoms with Gasteiger partial charge in [0.1, 0.15) is 10.8 Å². The van der Waals surface area contributed by atoms with Gasteiger partial charge >= 0.3 is 0 Å². The molecule has 0 fully saturated rings. The van der Waals surface area contributed by atoms with Gasteiger partial charge in [0.2, 0.25) is 0 Å². The third-order valence-electron chi connectivity index (χ3n) is 2.56. The number of tetrazole rings is 1. The van der Waals surface area contributed by atoms with Crippen molar-refractivity contribution >= 4 is 23.1 Å². The summed E-state index contributed by atoms with van der Waals surface area (Å²) in [6, 6.07) is 8.03. The number of rotatable bonds is 3. The summed E-state index contributed by atoms with van der Waals surface area (Å²) in [6.45, 7) is 2.02. The molecular weight excluding hydrogens is 276 g/mol. The number of hydrogen-bond acceptors (Lipinski definition) is 6. The quantitative estimate of drug-likeness (QED) is 0.766. The molecule has 1 aromatic carbocycles. The maximum absolute atomic E-state index is 11.7. The van der Waals surface area contributed by atoms with Gasteiger partial charge in [-0.25, -0.2) is 4.98 Å². The van der Waals surface area contributed by atoms with E-state index in [-0.39, 0.29) is 5.82 Å². The van der Waals surface area contributed by atoms with Crippen LogP contribution in [0.3, 0.4) is 0 Å². The minimum absolute atomic E-state index is 0.0184. The molecule has 0 spiro atoms. The maximum Gasteiger partial charge on any atom is 0.298 e. The fourth-order valence-electron chi connectivity index (χ4n) is 1.67. The number of carbonyl (C=O) groups is 1. The zero-order chi connectivity index (χ0) is 13.9. The molecule has 1 amide bonds. The second-order valence-electron chi connectivity index (χ2n) is 4.10. The van der Waals surface area contributed by atoms with Gasteiger partial charge in [-0.3, -0.25) is 4.79 Å². The third-order valence-corrected chi connectivity index (χ3v) is 3.45. The Labute approximate surface area is 118 Å². The Bertz CT molecular complexity index is 736. The van der Waals surface area contributed by atoms with Crippen LogP contribution in [0.5, 0.6) is 0 Å². The summed E-state index contributed by atoms with van der Waals surface area (Å²) in [4.78, 5) is 16.1. The number of aromatic amines is 1. The Morgan fingerprint density at radius 1 is 1.40 bits per heavy atom. The number of aromatic nitrogens is 5. The van der Waals surface area contributed by atoms with Gasteiger partial charge in [0.05, 0.1) is 0 Å². The summed E-state index contributed by atoms with van der Waals surface area (Å²) < 4.78 is 0. The molecule has 100 valence electrons. The lowest BCUT2D eigenvalue weighted by Gasteiger charge is -1.98. The number of nitrogens with one attached hydrogen (secondary N) is 2. The number of aryl methyl sites for hydroxylation is 1. The lowest BCUT2D eigenvalue weighted by Crippen LogP contribution is -2.14. The first-order valence-electron chi connectivity index (χ1n) is 5.80. The Kier molecular flexibility index (Phi) is 3.21. The van der Waals surface area contributed by atoms with Crippen molar-refractivity contribution in [1.82, 2.24) is 25.6 Å². The zero-order valence-corrected chi connectivity index (χ0v) is 11.3. The SMILES string of the molecule is Cc1cccc(-c2nc(NC(=O)c3nn[nH]n3)cs2)c1. The lowest BCUT2D eigenvalue weighted by molar-refractivity contribution is 0.101. The van der Waals surface area contributed by atoms with Crippen molar-refractivity contribution in [2.45, 2.75) is 6.92 Å². The molecule has 0 saturated carbocycles. The molecule has 0 unspecified atom stereocenters. The molecule has 2 heterocycles. The molecule has 8 heteroatoms. The second-order valence-corrected chi connectivity index (χ2v) is 4.96. The van der Waals surface area contributed by atoms with Crippen LogP contribution in [-0.4, -0.2) is 31.5 Å². The Hall–Kier alpha value is -2.61. The first-order valence-corrected chi connectivity index (χ1v) is 6.68. The fraction of sp³-hybridized carbons (Fsp3) is 0.0833. The topological polar surface area (TPSA) is 96.5 Å². The van der Waals surface area contributed by atoms with Gasteiger partial charge in [-0.05, 0) is 18.2 Å². The monoisotopic (exact) mass is 286 g/mol. The van der Waals surface area contributed by atoms with Crippen molar-refractivity contribution in [1.29, 1.82) is 0 Å². The highest BCUT2D eigenvalue weighted by atomic mass is 32.1. The number of nitrogens with zero attached hydrogens (tertiary/aromatic N) is 4. The van der Waals surface area contributed by atoms with E-state index in [1.165, 1.54) is 11.3 Å². The van der Waals surface area contributed by atoms with Crippen LogP contribution in [0.2, 0.25) is 0 Å². The number of H-pyrrole nitrogens is 1. The number of anilines is 1. The van der Waals surface area contributed by atoms with E-state index in [1.807, 2.05) is 31.2 Å². The van der Waals surface area contributed by atoms with E-state index in [9.17, 15) is 4.79 Å². The van der Waals surface area contributed by atoms with E-state index < -0.39 is 5.91 Å². The molecule has 0 aliphatic rings. The Balaban J connectivity index is 1.79. The van der Waals surface area contributed by atoms with Crippen molar-refractivity contribution in [3.8, 4) is 10.6 Å². The Morgan fingerprint density at radius 3 is 3.05 bits per heavy atom. The molecule has 3 aromatic rings. The van der Waals surface area contributed by atoms with Gasteiger partial charge in [0.25, 0.3) is 11.7 Å². The molecule has 0 radical (unpaired) electrons. The third kappa shape index (κ3) is 2.54. The van der Waals surface area contributed by atoms with Crippen LogP contribution >= 0.6 is 11.3 Å². The maximum atomic E-state index is 11.7. The van der Waals surface area contributed by atoms with Crippen molar-refractivity contribution in [3.63, 3.8) is 0 Å². The molecule has 2 aromatic heterocycles. The molecule has 0 atom stereocenters. The zero-order valence-electron chi connectivity index (χ0n) is 10.5. The van der Waals surface area contributed by atoms with E-state index in [0.29, 0.717) is 5.82 Å². The number of thiazole rings is 1. The van der Waals surface area contributed by atoms with Crippen molar-refractivity contribution in [2.75, 3.05) is 5.32 Å². The van der Waals surface area contributed by atoms with E-state index >= 15 is 0 Å². The van der Waals surface area contributed by atoms with Crippen LogP contribution in [0.15, 0.2) is 29.6 Å². The fourth-order valence-corrected chi connectivity index (χ4v) is 2.42. The number of carbonyl (C=O) groups excluding carboxylic acids is 1. The molecule has 0 bridgehead atoms. The minimum Gasteiger partial charge on any atom is -0.303 e. The summed E-state index contributed by atoms with van der Waals surface area (Å²) in [5, 5.41) is 18.0. The minimum atomic E-state index is -0.445. The predicted molar refractivity (Wildman–Crippen MR) is 74.4 cm³/mol. The number of amides is 1. The normalized spacial score (nSPS) is 10.4. The highest BCUT2D eigenvalue weighted by Gasteiger charge is 2.13. The van der Waals surface area contributed by atoms with Gasteiger partial charge in [0.15, 0.2) is 0 Å². The average Bonchev–Trinajstić information content (AvgIpc) is 3.10. The van der Waals surface area contributed by atoms with Crippen molar-refractivity contribution in [2.24, 2.45) is 0 Å². The number of hydrogen-bond donors (Lipinski definition) is 2. The average molecular weight is 286 g/mol. The standard InChI is InChI=1S/C12H10N6OS/c1-7-3-2-4-8(5-7)12-14-9(6-20-12)13-11(19)10-15-17-18-16-10/h2-6H,1H3,(H,13,19)(H,15,16,17,18). The molecule has 7 nitrogen and oxygen atoms in total. The largest absolute Gasteiger partial charge is 0.303 e. The van der Waals surface area contributed by atoms with Crippen LogP contribution in [0.4, 0.5) is 5.82 Å². The van der Waals surface area contributed by atoms with Crippen LogP contribution in [0.1, 0.15) is 16.2 Å². The van der Waals surface area contributed by atoms with Gasteiger partial charge < -0.3 is 5.32 Å². The highest BCUT2D eigenvalue weighted by Crippen LogP contribution is 2.26. The lowest BCUT2D eigenvalue weighted by atomic mass is 10.1. The molecule has 0 aliphatic carbocycles. The Morgan fingerprint density at radius 2 is 2.30 bits per heavy atom. The second kappa shape index (κ2) is 5.17. The molecule has 0 saturated heterocycles. The predicted octanol–water partition coefficient (Wildman–Crippen LogP) is 1.88. The highest BCUT2D eigenvalue weighted by molar-refractivity contribution is 7.13.